The lowest BCUT2D eigenvalue weighted by atomic mass is 9.95. The molecule has 1 aromatic rings. The molecule has 1 aliphatic rings. The molecule has 124 valence electrons. The fraction of sp³-hybridized carbons (Fsp3) is 0.571. The molecule has 3 N–H and O–H groups in total. The van der Waals surface area contributed by atoms with Gasteiger partial charge >= 0.3 is 0 Å². The first kappa shape index (κ1) is 17.3. The van der Waals surface area contributed by atoms with Crippen molar-refractivity contribution in [2.24, 2.45) is 11.1 Å². The summed E-state index contributed by atoms with van der Waals surface area (Å²) in [5.74, 6) is -0.794. The Morgan fingerprint density at radius 3 is 2.86 bits per heavy atom. The topological polar surface area (TPSA) is 75.4 Å². The number of benzene rings is 1. The molecule has 0 radical (unpaired) electrons. The Morgan fingerprint density at radius 1 is 1.45 bits per heavy atom. The van der Waals surface area contributed by atoms with Crippen LogP contribution in [0, 0.1) is 17.6 Å². The maximum absolute atomic E-state index is 13.9. The number of nitrogens with zero attached hydrogens (tertiary/aromatic N) is 1. The van der Waals surface area contributed by atoms with Gasteiger partial charge in [0.25, 0.3) is 10.2 Å². The second-order valence-electron chi connectivity index (χ2n) is 5.74. The third-order valence-electron chi connectivity index (χ3n) is 4.08. The van der Waals surface area contributed by atoms with Gasteiger partial charge in [-0.3, -0.25) is 4.90 Å². The van der Waals surface area contributed by atoms with Crippen LogP contribution >= 0.6 is 0 Å². The van der Waals surface area contributed by atoms with Crippen LogP contribution in [-0.2, 0) is 10.2 Å². The SMILES string of the molecule is CC(c1cc(F)ccc1F)N1CCCC(CNS(N)(=O)=O)C1. The fourth-order valence-electron chi connectivity index (χ4n) is 2.88. The van der Waals surface area contributed by atoms with Gasteiger partial charge in [-0.15, -0.1) is 0 Å². The van der Waals surface area contributed by atoms with E-state index in [2.05, 4.69) is 4.72 Å². The average molecular weight is 333 g/mol. The van der Waals surface area contributed by atoms with Gasteiger partial charge in [-0.1, -0.05) is 0 Å². The number of likely N-dealkylation sites (tertiary alicyclic amines) is 1. The summed E-state index contributed by atoms with van der Waals surface area (Å²) in [6, 6.07) is 3.17. The summed E-state index contributed by atoms with van der Waals surface area (Å²) < 4.78 is 51.4. The van der Waals surface area contributed by atoms with Crippen LogP contribution in [0.1, 0.15) is 31.4 Å². The van der Waals surface area contributed by atoms with Gasteiger partial charge in [0.2, 0.25) is 0 Å². The average Bonchev–Trinajstić information content (AvgIpc) is 2.46. The zero-order valence-corrected chi connectivity index (χ0v) is 13.2. The van der Waals surface area contributed by atoms with E-state index in [0.29, 0.717) is 12.1 Å². The van der Waals surface area contributed by atoms with Crippen LogP contribution in [0.4, 0.5) is 8.78 Å². The van der Waals surface area contributed by atoms with Crippen LogP contribution in [0.5, 0.6) is 0 Å². The molecule has 1 aliphatic heterocycles. The van der Waals surface area contributed by atoms with Gasteiger partial charge in [0.1, 0.15) is 11.6 Å². The molecule has 1 aromatic carbocycles. The summed E-state index contributed by atoms with van der Waals surface area (Å²) in [5.41, 5.74) is 0.319. The summed E-state index contributed by atoms with van der Waals surface area (Å²) in [5, 5.41) is 4.93. The second-order valence-corrected chi connectivity index (χ2v) is 7.12. The number of piperidine rings is 1. The molecule has 0 amide bonds. The first-order valence-corrected chi connectivity index (χ1v) is 8.77. The van der Waals surface area contributed by atoms with Crippen molar-refractivity contribution in [3.8, 4) is 0 Å². The molecule has 0 bridgehead atoms. The van der Waals surface area contributed by atoms with Gasteiger partial charge in [-0.25, -0.2) is 18.6 Å². The standard InChI is InChI=1S/C14H21F2N3O2S/c1-10(13-7-12(15)4-5-14(13)16)19-6-2-3-11(9-19)8-18-22(17,20)21/h4-5,7,10-11,18H,2-3,6,8-9H2,1H3,(H2,17,20,21). The second kappa shape index (κ2) is 6.99. The van der Waals surface area contributed by atoms with Crippen LogP contribution in [0.25, 0.3) is 0 Å². The Balaban J connectivity index is 2.03. The Bertz CT molecular complexity index is 625. The van der Waals surface area contributed by atoms with Gasteiger partial charge in [0.15, 0.2) is 0 Å². The summed E-state index contributed by atoms with van der Waals surface area (Å²) in [7, 11) is -3.70. The largest absolute Gasteiger partial charge is 0.296 e. The predicted octanol–water partition coefficient (Wildman–Crippen LogP) is 1.53. The Labute approximate surface area is 129 Å². The van der Waals surface area contributed by atoms with Gasteiger partial charge in [-0.05, 0) is 50.4 Å². The van der Waals surface area contributed by atoms with E-state index in [4.69, 9.17) is 5.14 Å². The molecule has 0 aliphatic carbocycles. The minimum Gasteiger partial charge on any atom is -0.296 e. The van der Waals surface area contributed by atoms with E-state index in [1.165, 1.54) is 6.07 Å². The van der Waals surface area contributed by atoms with Crippen molar-refractivity contribution in [2.45, 2.75) is 25.8 Å². The van der Waals surface area contributed by atoms with E-state index >= 15 is 0 Å². The van der Waals surface area contributed by atoms with E-state index in [1.807, 2.05) is 11.8 Å². The van der Waals surface area contributed by atoms with E-state index in [0.717, 1.165) is 31.5 Å². The normalized spacial score (nSPS) is 21.7. The molecule has 2 rings (SSSR count). The lowest BCUT2D eigenvalue weighted by Gasteiger charge is -2.37. The third kappa shape index (κ3) is 4.70. The summed E-state index contributed by atoms with van der Waals surface area (Å²) >= 11 is 0. The lowest BCUT2D eigenvalue weighted by molar-refractivity contribution is 0.131. The number of nitrogens with one attached hydrogen (secondary N) is 1. The quantitative estimate of drug-likeness (QED) is 0.858. The molecule has 8 heteroatoms. The fourth-order valence-corrected chi connectivity index (χ4v) is 3.35. The zero-order chi connectivity index (χ0) is 16.3. The van der Waals surface area contributed by atoms with Gasteiger partial charge < -0.3 is 0 Å². The molecular formula is C14H21F2N3O2S. The summed E-state index contributed by atoms with van der Waals surface area (Å²) in [4.78, 5) is 2.04. The molecule has 0 aromatic heterocycles. The molecule has 2 atom stereocenters. The molecule has 1 saturated heterocycles. The lowest BCUT2D eigenvalue weighted by Crippen LogP contribution is -2.43. The first-order chi connectivity index (χ1) is 10.3. The highest BCUT2D eigenvalue weighted by Crippen LogP contribution is 2.28. The first-order valence-electron chi connectivity index (χ1n) is 7.22. The molecule has 2 unspecified atom stereocenters. The number of nitrogens with two attached hydrogens (primary N) is 1. The molecule has 0 saturated carbocycles. The molecule has 5 nitrogen and oxygen atoms in total. The minimum absolute atomic E-state index is 0.103. The van der Waals surface area contributed by atoms with Gasteiger partial charge in [0, 0.05) is 24.7 Å². The highest BCUT2D eigenvalue weighted by Gasteiger charge is 2.26. The summed E-state index contributed by atoms with van der Waals surface area (Å²) in [6.07, 6.45) is 1.75. The van der Waals surface area contributed by atoms with Crippen molar-refractivity contribution in [2.75, 3.05) is 19.6 Å². The molecular weight excluding hydrogens is 312 g/mol. The molecule has 1 heterocycles. The monoisotopic (exact) mass is 333 g/mol. The van der Waals surface area contributed by atoms with Crippen LogP contribution in [0.3, 0.4) is 0 Å². The molecule has 1 fully saturated rings. The van der Waals surface area contributed by atoms with Gasteiger partial charge in [0.05, 0.1) is 0 Å². The zero-order valence-electron chi connectivity index (χ0n) is 12.4. The van der Waals surface area contributed by atoms with E-state index in [1.54, 1.807) is 0 Å². The number of halogens is 2. The predicted molar refractivity (Wildman–Crippen MR) is 80.2 cm³/mol. The maximum atomic E-state index is 13.9. The Hall–Kier alpha value is -1.09. The number of rotatable bonds is 5. The third-order valence-corrected chi connectivity index (χ3v) is 4.65. The summed E-state index contributed by atoms with van der Waals surface area (Å²) in [6.45, 7) is 3.46. The van der Waals surface area contributed by atoms with Crippen LogP contribution in [-0.4, -0.2) is 33.0 Å². The van der Waals surface area contributed by atoms with Crippen molar-refractivity contribution in [3.63, 3.8) is 0 Å². The van der Waals surface area contributed by atoms with Crippen molar-refractivity contribution < 1.29 is 17.2 Å². The van der Waals surface area contributed by atoms with Crippen molar-refractivity contribution >= 4 is 10.2 Å². The molecule has 22 heavy (non-hydrogen) atoms. The van der Waals surface area contributed by atoms with Crippen molar-refractivity contribution in [1.82, 2.24) is 9.62 Å². The van der Waals surface area contributed by atoms with Crippen LogP contribution in [0.2, 0.25) is 0 Å². The highest BCUT2D eigenvalue weighted by atomic mass is 32.2. The maximum Gasteiger partial charge on any atom is 0.274 e. The van der Waals surface area contributed by atoms with E-state index in [-0.39, 0.29) is 18.5 Å². The van der Waals surface area contributed by atoms with Crippen molar-refractivity contribution in [3.05, 3.63) is 35.4 Å². The molecule has 0 spiro atoms. The Morgan fingerprint density at radius 2 is 2.18 bits per heavy atom. The van der Waals surface area contributed by atoms with E-state index < -0.39 is 21.8 Å². The smallest absolute Gasteiger partial charge is 0.274 e. The van der Waals surface area contributed by atoms with Crippen LogP contribution in [0.15, 0.2) is 18.2 Å². The van der Waals surface area contributed by atoms with Crippen LogP contribution < -0.4 is 9.86 Å². The number of hydrogen-bond acceptors (Lipinski definition) is 3. The minimum atomic E-state index is -3.70. The van der Waals surface area contributed by atoms with E-state index in [9.17, 15) is 17.2 Å². The Kier molecular flexibility index (Phi) is 5.49. The number of hydrogen-bond donors (Lipinski definition) is 2. The van der Waals surface area contributed by atoms with Crippen molar-refractivity contribution in [1.29, 1.82) is 0 Å². The highest BCUT2D eigenvalue weighted by molar-refractivity contribution is 7.87. The van der Waals surface area contributed by atoms with Gasteiger partial charge in [-0.2, -0.15) is 8.42 Å².